The minimum absolute atomic E-state index is 0.00940. The van der Waals surface area contributed by atoms with E-state index < -0.39 is 4.92 Å². The van der Waals surface area contributed by atoms with Crippen molar-refractivity contribution in [3.63, 3.8) is 0 Å². The third kappa shape index (κ3) is 5.01. The molecule has 0 aromatic heterocycles. The Balaban J connectivity index is 1.46. The molecule has 7 nitrogen and oxygen atoms in total. The molecule has 0 heterocycles. The van der Waals surface area contributed by atoms with Gasteiger partial charge in [0.15, 0.2) is 0 Å². The molecule has 2 aromatic rings. The maximum absolute atomic E-state index is 11.8. The van der Waals surface area contributed by atoms with Gasteiger partial charge in [0.05, 0.1) is 11.1 Å². The molecule has 0 unspecified atom stereocenters. The van der Waals surface area contributed by atoms with Crippen molar-refractivity contribution in [3.05, 3.63) is 81.9 Å². The number of nitrogens with zero attached hydrogens (tertiary/aromatic N) is 2. The third-order valence-corrected chi connectivity index (χ3v) is 4.26. The van der Waals surface area contributed by atoms with Crippen molar-refractivity contribution < 1.29 is 14.5 Å². The Hall–Kier alpha value is -3.48. The zero-order valence-electron chi connectivity index (χ0n) is 14.6. The average Bonchev–Trinajstić information content (AvgIpc) is 2.65. The van der Waals surface area contributed by atoms with Crippen LogP contribution < -0.4 is 10.2 Å². The summed E-state index contributed by atoms with van der Waals surface area (Å²) >= 11 is 0. The number of hydrogen-bond donors (Lipinski definition) is 1. The van der Waals surface area contributed by atoms with Crippen molar-refractivity contribution in [2.45, 2.75) is 19.4 Å². The summed E-state index contributed by atoms with van der Waals surface area (Å²) in [6.45, 7) is 4.13. The van der Waals surface area contributed by atoms with E-state index in [2.05, 4.69) is 17.1 Å². The van der Waals surface area contributed by atoms with Gasteiger partial charge in [-0.1, -0.05) is 12.2 Å². The molecular weight excluding hydrogens is 346 g/mol. The van der Waals surface area contributed by atoms with Crippen molar-refractivity contribution in [2.75, 3.05) is 0 Å². The largest absolute Gasteiger partial charge is 0.489 e. The Morgan fingerprint density at radius 2 is 1.89 bits per heavy atom. The van der Waals surface area contributed by atoms with Crippen LogP contribution in [0.2, 0.25) is 0 Å². The second-order valence-corrected chi connectivity index (χ2v) is 6.37. The Morgan fingerprint density at radius 3 is 2.48 bits per heavy atom. The normalized spacial score (nSPS) is 14.0. The number of carbonyl (C=O) groups excluding carboxylic acids is 1. The van der Waals surface area contributed by atoms with E-state index in [0.29, 0.717) is 12.4 Å². The molecule has 1 aliphatic carbocycles. The molecule has 7 heteroatoms. The molecule has 1 N–H and O–H groups in total. The molecule has 2 aromatic carbocycles. The number of nitrogens with one attached hydrogen (secondary N) is 1. The molecule has 138 valence electrons. The van der Waals surface area contributed by atoms with Gasteiger partial charge >= 0.3 is 0 Å². The average molecular weight is 365 g/mol. The number of allylic oxidation sites excluding steroid dienone is 1. The number of carbonyl (C=O) groups is 1. The molecular formula is C20H19N3O4. The van der Waals surface area contributed by atoms with Crippen LogP contribution in [0.3, 0.4) is 0 Å². The SMILES string of the molecule is C=C1CC(C(=O)N/N=C\c2ccc(OCc3ccc([N+](=O)[O-])cc3)cc2)C1. The highest BCUT2D eigenvalue weighted by molar-refractivity contribution is 5.84. The minimum atomic E-state index is -0.434. The van der Waals surface area contributed by atoms with E-state index in [1.807, 2.05) is 12.1 Å². The van der Waals surface area contributed by atoms with Crippen molar-refractivity contribution in [2.24, 2.45) is 11.0 Å². The van der Waals surface area contributed by atoms with Gasteiger partial charge in [0.1, 0.15) is 12.4 Å². The molecule has 0 radical (unpaired) electrons. The Labute approximate surface area is 156 Å². The maximum atomic E-state index is 11.8. The fourth-order valence-electron chi connectivity index (χ4n) is 2.61. The van der Waals surface area contributed by atoms with E-state index in [1.165, 1.54) is 12.1 Å². The first kappa shape index (κ1) is 18.3. The van der Waals surface area contributed by atoms with Gasteiger partial charge < -0.3 is 4.74 Å². The smallest absolute Gasteiger partial charge is 0.269 e. The van der Waals surface area contributed by atoms with Crippen LogP contribution in [0.15, 0.2) is 65.8 Å². The lowest BCUT2D eigenvalue weighted by atomic mass is 9.81. The van der Waals surface area contributed by atoms with Crippen LogP contribution in [-0.4, -0.2) is 17.0 Å². The van der Waals surface area contributed by atoms with Crippen LogP contribution >= 0.6 is 0 Å². The molecule has 1 amide bonds. The Bertz CT molecular complexity index is 865. The van der Waals surface area contributed by atoms with Crippen molar-refractivity contribution >= 4 is 17.8 Å². The number of nitro benzene ring substituents is 1. The molecule has 1 fully saturated rings. The number of ether oxygens (including phenoxy) is 1. The highest BCUT2D eigenvalue weighted by Crippen LogP contribution is 2.31. The fourth-order valence-corrected chi connectivity index (χ4v) is 2.61. The number of rotatable bonds is 7. The second kappa shape index (κ2) is 8.27. The molecule has 27 heavy (non-hydrogen) atoms. The monoisotopic (exact) mass is 365 g/mol. The molecule has 0 atom stereocenters. The van der Waals surface area contributed by atoms with E-state index in [-0.39, 0.29) is 17.5 Å². The van der Waals surface area contributed by atoms with Crippen LogP contribution in [0.4, 0.5) is 5.69 Å². The zero-order chi connectivity index (χ0) is 19.2. The lowest BCUT2D eigenvalue weighted by Gasteiger charge is -2.25. The van der Waals surface area contributed by atoms with E-state index in [1.54, 1.807) is 30.5 Å². The van der Waals surface area contributed by atoms with Gasteiger partial charge in [-0.3, -0.25) is 14.9 Å². The number of nitro groups is 1. The molecule has 1 aliphatic rings. The molecule has 0 bridgehead atoms. The standard InChI is InChI=1S/C20H19N3O4/c1-14-10-17(11-14)20(24)22-21-12-15-4-8-19(9-5-15)27-13-16-2-6-18(7-3-16)23(25)26/h2-9,12,17H,1,10-11,13H2,(H,22,24)/b21-12-. The van der Waals surface area contributed by atoms with Gasteiger partial charge in [-0.05, 0) is 60.4 Å². The van der Waals surface area contributed by atoms with E-state index in [9.17, 15) is 14.9 Å². The second-order valence-electron chi connectivity index (χ2n) is 6.37. The predicted octanol–water partition coefficient (Wildman–Crippen LogP) is 3.59. The Morgan fingerprint density at radius 1 is 1.22 bits per heavy atom. The summed E-state index contributed by atoms with van der Waals surface area (Å²) < 4.78 is 5.66. The molecule has 3 rings (SSSR count). The first-order chi connectivity index (χ1) is 13.0. The highest BCUT2D eigenvalue weighted by Gasteiger charge is 2.27. The first-order valence-corrected chi connectivity index (χ1v) is 8.47. The van der Waals surface area contributed by atoms with Crippen LogP contribution in [0.25, 0.3) is 0 Å². The van der Waals surface area contributed by atoms with Crippen LogP contribution in [0.1, 0.15) is 24.0 Å². The maximum Gasteiger partial charge on any atom is 0.269 e. The van der Waals surface area contributed by atoms with Gasteiger partial charge in [0, 0.05) is 18.1 Å². The third-order valence-electron chi connectivity index (χ3n) is 4.26. The highest BCUT2D eigenvalue weighted by atomic mass is 16.6. The van der Waals surface area contributed by atoms with Gasteiger partial charge in [0.25, 0.3) is 5.69 Å². The van der Waals surface area contributed by atoms with Gasteiger partial charge in [-0.25, -0.2) is 5.43 Å². The summed E-state index contributed by atoms with van der Waals surface area (Å²) in [6.07, 6.45) is 3.05. The summed E-state index contributed by atoms with van der Waals surface area (Å²) in [6, 6.07) is 13.5. The molecule has 1 saturated carbocycles. The summed E-state index contributed by atoms with van der Waals surface area (Å²) in [5.74, 6) is 0.578. The van der Waals surface area contributed by atoms with Crippen molar-refractivity contribution in [3.8, 4) is 5.75 Å². The van der Waals surface area contributed by atoms with Gasteiger partial charge in [-0.15, -0.1) is 0 Å². The summed E-state index contributed by atoms with van der Waals surface area (Å²) in [5, 5.41) is 14.6. The Kier molecular flexibility index (Phi) is 5.61. The van der Waals surface area contributed by atoms with Crippen molar-refractivity contribution in [1.82, 2.24) is 5.43 Å². The molecule has 0 spiro atoms. The van der Waals surface area contributed by atoms with Gasteiger partial charge in [0.2, 0.25) is 5.91 Å². The van der Waals surface area contributed by atoms with Gasteiger partial charge in [-0.2, -0.15) is 5.10 Å². The topological polar surface area (TPSA) is 93.8 Å². The number of non-ortho nitro benzene ring substituents is 1. The van der Waals surface area contributed by atoms with Crippen LogP contribution in [0.5, 0.6) is 5.75 Å². The lowest BCUT2D eigenvalue weighted by Crippen LogP contribution is -2.32. The van der Waals surface area contributed by atoms with Crippen molar-refractivity contribution in [1.29, 1.82) is 0 Å². The number of hydrazone groups is 1. The van der Waals surface area contributed by atoms with Crippen LogP contribution in [0, 0.1) is 16.0 Å². The number of amides is 1. The summed E-state index contributed by atoms with van der Waals surface area (Å²) in [7, 11) is 0. The lowest BCUT2D eigenvalue weighted by molar-refractivity contribution is -0.384. The number of benzene rings is 2. The van der Waals surface area contributed by atoms with Crippen LogP contribution in [-0.2, 0) is 11.4 Å². The summed E-state index contributed by atoms with van der Waals surface area (Å²) in [5.41, 5.74) is 5.36. The minimum Gasteiger partial charge on any atom is -0.489 e. The quantitative estimate of drug-likeness (QED) is 0.351. The molecule has 0 aliphatic heterocycles. The fraction of sp³-hybridized carbons (Fsp3) is 0.200. The van der Waals surface area contributed by atoms with E-state index >= 15 is 0 Å². The zero-order valence-corrected chi connectivity index (χ0v) is 14.6. The van der Waals surface area contributed by atoms with E-state index in [4.69, 9.17) is 4.74 Å². The molecule has 0 saturated heterocycles. The first-order valence-electron chi connectivity index (χ1n) is 8.47. The predicted molar refractivity (Wildman–Crippen MR) is 101 cm³/mol. The van der Waals surface area contributed by atoms with E-state index in [0.717, 1.165) is 29.5 Å². The summed E-state index contributed by atoms with van der Waals surface area (Å²) in [4.78, 5) is 22.0. The number of hydrogen-bond acceptors (Lipinski definition) is 5.